The van der Waals surface area contributed by atoms with Crippen LogP contribution >= 0.6 is 11.3 Å². The zero-order valence-corrected chi connectivity index (χ0v) is 17.5. The molecule has 4 N–H and O–H groups in total. The summed E-state index contributed by atoms with van der Waals surface area (Å²) in [6.45, 7) is 8.60. The van der Waals surface area contributed by atoms with Gasteiger partial charge >= 0.3 is 0 Å². The van der Waals surface area contributed by atoms with Gasteiger partial charge in [-0.15, -0.1) is 11.3 Å². The SMILES string of the molecule is CC1(C)Cc2c(sc(NC(=O)CCOc3ccccc3)c2C(N)=O)C(C)(C)N1. The number of rotatable bonds is 6. The summed E-state index contributed by atoms with van der Waals surface area (Å²) in [5, 5.41) is 6.99. The Balaban J connectivity index is 1.76. The van der Waals surface area contributed by atoms with E-state index in [0.717, 1.165) is 16.2 Å². The number of anilines is 1. The lowest BCUT2D eigenvalue weighted by Crippen LogP contribution is -2.55. The van der Waals surface area contributed by atoms with E-state index < -0.39 is 5.91 Å². The summed E-state index contributed by atoms with van der Waals surface area (Å²) in [6, 6.07) is 9.34. The van der Waals surface area contributed by atoms with Crippen molar-refractivity contribution < 1.29 is 14.3 Å². The van der Waals surface area contributed by atoms with Crippen LogP contribution in [0, 0.1) is 0 Å². The van der Waals surface area contributed by atoms with Gasteiger partial charge in [-0.05, 0) is 51.8 Å². The molecule has 6 nitrogen and oxygen atoms in total. The minimum atomic E-state index is -0.512. The fourth-order valence-electron chi connectivity index (χ4n) is 3.84. The van der Waals surface area contributed by atoms with Crippen LogP contribution < -0.4 is 21.1 Å². The Labute approximate surface area is 169 Å². The number of carbonyl (C=O) groups excluding carboxylic acids is 2. The van der Waals surface area contributed by atoms with E-state index in [2.05, 4.69) is 38.3 Å². The topological polar surface area (TPSA) is 93.4 Å². The molecule has 1 aromatic heterocycles. The molecule has 1 aromatic carbocycles. The number of nitrogens with two attached hydrogens (primary N) is 1. The van der Waals surface area contributed by atoms with Crippen LogP contribution in [0.5, 0.6) is 5.75 Å². The number of nitrogens with one attached hydrogen (secondary N) is 2. The molecule has 3 rings (SSSR count). The first-order chi connectivity index (χ1) is 13.1. The van der Waals surface area contributed by atoms with Crippen molar-refractivity contribution in [2.75, 3.05) is 11.9 Å². The molecule has 0 atom stereocenters. The predicted molar refractivity (Wildman–Crippen MR) is 112 cm³/mol. The van der Waals surface area contributed by atoms with Gasteiger partial charge in [0.25, 0.3) is 5.91 Å². The summed E-state index contributed by atoms with van der Waals surface area (Å²) in [5.74, 6) is -0.00124. The number of fused-ring (bicyclic) bond motifs is 1. The van der Waals surface area contributed by atoms with E-state index in [1.54, 1.807) is 0 Å². The van der Waals surface area contributed by atoms with Crippen LogP contribution in [0.2, 0.25) is 0 Å². The fourth-order valence-corrected chi connectivity index (χ4v) is 5.14. The van der Waals surface area contributed by atoms with Gasteiger partial charge in [-0.25, -0.2) is 0 Å². The first kappa shape index (κ1) is 20.4. The molecule has 0 unspecified atom stereocenters. The number of hydrogen-bond acceptors (Lipinski definition) is 5. The van der Waals surface area contributed by atoms with Crippen molar-refractivity contribution in [3.05, 3.63) is 46.3 Å². The molecule has 28 heavy (non-hydrogen) atoms. The molecule has 0 bridgehead atoms. The highest BCUT2D eigenvalue weighted by Crippen LogP contribution is 2.44. The maximum Gasteiger partial charge on any atom is 0.251 e. The molecule has 0 aliphatic carbocycles. The van der Waals surface area contributed by atoms with Crippen LogP contribution in [0.3, 0.4) is 0 Å². The molecule has 0 radical (unpaired) electrons. The quantitative estimate of drug-likeness (QED) is 0.691. The Hall–Kier alpha value is -2.38. The summed E-state index contributed by atoms with van der Waals surface area (Å²) in [6.07, 6.45) is 0.857. The third-order valence-corrected chi connectivity index (χ3v) is 6.16. The van der Waals surface area contributed by atoms with Crippen molar-refractivity contribution in [1.82, 2.24) is 5.32 Å². The average molecular weight is 402 g/mol. The van der Waals surface area contributed by atoms with Gasteiger partial charge in [-0.3, -0.25) is 9.59 Å². The molecular formula is C21H27N3O3S. The highest BCUT2D eigenvalue weighted by molar-refractivity contribution is 7.17. The van der Waals surface area contributed by atoms with Crippen LogP contribution in [0.25, 0.3) is 0 Å². The maximum absolute atomic E-state index is 12.4. The Morgan fingerprint density at radius 3 is 2.54 bits per heavy atom. The fraction of sp³-hybridized carbons (Fsp3) is 0.429. The molecule has 0 saturated heterocycles. The molecular weight excluding hydrogens is 374 g/mol. The number of benzene rings is 1. The van der Waals surface area contributed by atoms with Crippen LogP contribution in [0.1, 0.15) is 54.9 Å². The van der Waals surface area contributed by atoms with Gasteiger partial charge < -0.3 is 21.1 Å². The number of ether oxygens (including phenoxy) is 1. The number of para-hydroxylation sites is 1. The van der Waals surface area contributed by atoms with E-state index in [-0.39, 0.29) is 30.0 Å². The Morgan fingerprint density at radius 2 is 1.89 bits per heavy atom. The molecule has 2 aromatic rings. The lowest BCUT2D eigenvalue weighted by atomic mass is 9.81. The zero-order valence-electron chi connectivity index (χ0n) is 16.7. The van der Waals surface area contributed by atoms with Crippen molar-refractivity contribution in [2.45, 2.75) is 51.6 Å². The van der Waals surface area contributed by atoms with E-state index in [4.69, 9.17) is 10.5 Å². The zero-order chi connectivity index (χ0) is 20.5. The minimum absolute atomic E-state index is 0.174. The van der Waals surface area contributed by atoms with E-state index in [1.165, 1.54) is 11.3 Å². The highest BCUT2D eigenvalue weighted by atomic mass is 32.1. The summed E-state index contributed by atoms with van der Waals surface area (Å²) in [7, 11) is 0. The van der Waals surface area contributed by atoms with Crippen LogP contribution in [-0.4, -0.2) is 24.0 Å². The summed E-state index contributed by atoms with van der Waals surface area (Å²) in [5.41, 5.74) is 6.56. The van der Waals surface area contributed by atoms with Gasteiger partial charge in [-0.2, -0.15) is 0 Å². The van der Waals surface area contributed by atoms with Gasteiger partial charge in [-0.1, -0.05) is 18.2 Å². The molecule has 1 aliphatic rings. The number of thiophene rings is 1. The smallest absolute Gasteiger partial charge is 0.251 e. The predicted octanol–water partition coefficient (Wildman–Crippen LogP) is 3.41. The third-order valence-electron chi connectivity index (χ3n) is 4.68. The molecule has 7 heteroatoms. The number of primary amides is 1. The van der Waals surface area contributed by atoms with Crippen molar-refractivity contribution >= 4 is 28.2 Å². The number of carbonyl (C=O) groups is 2. The lowest BCUT2D eigenvalue weighted by Gasteiger charge is -2.42. The van der Waals surface area contributed by atoms with Gasteiger partial charge in [0, 0.05) is 16.0 Å². The molecule has 1 aliphatic heterocycles. The molecule has 2 heterocycles. The third kappa shape index (κ3) is 4.36. The van der Waals surface area contributed by atoms with E-state index in [1.807, 2.05) is 30.3 Å². The summed E-state index contributed by atoms with van der Waals surface area (Å²) in [4.78, 5) is 25.7. The summed E-state index contributed by atoms with van der Waals surface area (Å²) >= 11 is 1.42. The molecule has 0 saturated carbocycles. The molecule has 0 spiro atoms. The lowest BCUT2D eigenvalue weighted by molar-refractivity contribution is -0.116. The van der Waals surface area contributed by atoms with Crippen LogP contribution in [0.15, 0.2) is 30.3 Å². The van der Waals surface area contributed by atoms with E-state index >= 15 is 0 Å². The van der Waals surface area contributed by atoms with Gasteiger partial charge in [0.05, 0.1) is 18.6 Å². The standard InChI is InChI=1S/C21H27N3O3S/c1-20(2)12-14-16(18(22)26)19(28-17(14)21(3,4)24-20)23-15(25)10-11-27-13-8-6-5-7-9-13/h5-9,24H,10-12H2,1-4H3,(H2,22,26)(H,23,25). The normalized spacial score (nSPS) is 16.9. The highest BCUT2D eigenvalue weighted by Gasteiger charge is 2.41. The first-order valence-electron chi connectivity index (χ1n) is 9.32. The second-order valence-corrected chi connectivity index (χ2v) is 9.27. The Morgan fingerprint density at radius 1 is 1.21 bits per heavy atom. The minimum Gasteiger partial charge on any atom is -0.493 e. The number of amides is 2. The first-order valence-corrected chi connectivity index (χ1v) is 10.1. The van der Waals surface area contributed by atoms with E-state index in [0.29, 0.717) is 17.0 Å². The molecule has 2 amide bonds. The van der Waals surface area contributed by atoms with Crippen molar-refractivity contribution in [2.24, 2.45) is 5.73 Å². The van der Waals surface area contributed by atoms with Crippen LogP contribution in [-0.2, 0) is 16.8 Å². The largest absolute Gasteiger partial charge is 0.493 e. The monoisotopic (exact) mass is 401 g/mol. The van der Waals surface area contributed by atoms with Gasteiger partial charge in [0.2, 0.25) is 5.91 Å². The van der Waals surface area contributed by atoms with Crippen molar-refractivity contribution in [3.8, 4) is 5.75 Å². The van der Waals surface area contributed by atoms with Crippen molar-refractivity contribution in [3.63, 3.8) is 0 Å². The molecule has 150 valence electrons. The second kappa shape index (κ2) is 7.56. The summed E-state index contributed by atoms with van der Waals surface area (Å²) < 4.78 is 5.57. The Bertz CT molecular complexity index is 888. The average Bonchev–Trinajstić information content (AvgIpc) is 2.92. The second-order valence-electron chi connectivity index (χ2n) is 8.25. The number of hydrogen-bond donors (Lipinski definition) is 3. The van der Waals surface area contributed by atoms with Gasteiger partial charge in [0.1, 0.15) is 10.8 Å². The molecule has 0 fully saturated rings. The van der Waals surface area contributed by atoms with Crippen LogP contribution in [0.4, 0.5) is 5.00 Å². The van der Waals surface area contributed by atoms with Crippen molar-refractivity contribution in [1.29, 1.82) is 0 Å². The van der Waals surface area contributed by atoms with E-state index in [9.17, 15) is 9.59 Å². The maximum atomic E-state index is 12.4. The Kier molecular flexibility index (Phi) is 5.50. The van der Waals surface area contributed by atoms with Gasteiger partial charge in [0.15, 0.2) is 0 Å².